The van der Waals surface area contributed by atoms with Crippen LogP contribution in [-0.2, 0) is 6.54 Å². The summed E-state index contributed by atoms with van der Waals surface area (Å²) in [6.45, 7) is 7.15. The average molecular weight is 251 g/mol. The molecule has 1 heterocycles. The van der Waals surface area contributed by atoms with Crippen LogP contribution < -0.4 is 11.1 Å². The van der Waals surface area contributed by atoms with Crippen molar-refractivity contribution in [3.63, 3.8) is 0 Å². The van der Waals surface area contributed by atoms with Gasteiger partial charge in [0.05, 0.1) is 16.8 Å². The third kappa shape index (κ3) is 3.27. The summed E-state index contributed by atoms with van der Waals surface area (Å²) in [4.78, 5) is 16.1. The number of nitrogens with two attached hydrogens (primary N) is 1. The molecule has 0 atom stereocenters. The number of aliphatic hydroxyl groups is 1. The molecule has 0 spiro atoms. The zero-order chi connectivity index (χ0) is 14.0. The van der Waals surface area contributed by atoms with E-state index in [2.05, 4.69) is 10.3 Å². The summed E-state index contributed by atoms with van der Waals surface area (Å²) < 4.78 is 0. The third-order valence-corrected chi connectivity index (χ3v) is 3.24. The van der Waals surface area contributed by atoms with Gasteiger partial charge in [-0.15, -0.1) is 0 Å². The van der Waals surface area contributed by atoms with Gasteiger partial charge in [0, 0.05) is 18.3 Å². The second-order valence-corrected chi connectivity index (χ2v) is 5.38. The van der Waals surface area contributed by atoms with Crippen molar-refractivity contribution >= 4 is 5.91 Å². The number of carbonyl (C=O) groups excluding carboxylic acids is 1. The van der Waals surface area contributed by atoms with Crippen LogP contribution in [-0.4, -0.2) is 27.1 Å². The van der Waals surface area contributed by atoms with Crippen LogP contribution in [0.2, 0.25) is 0 Å². The van der Waals surface area contributed by atoms with Crippen molar-refractivity contribution in [3.05, 3.63) is 29.6 Å². The molecule has 0 aromatic carbocycles. The first kappa shape index (κ1) is 14.6. The summed E-state index contributed by atoms with van der Waals surface area (Å²) in [6.07, 6.45) is 1.55. The van der Waals surface area contributed by atoms with E-state index in [1.807, 2.05) is 0 Å². The van der Waals surface area contributed by atoms with Crippen molar-refractivity contribution in [2.24, 2.45) is 5.73 Å². The molecule has 0 radical (unpaired) electrons. The molecule has 4 N–H and O–H groups in total. The van der Waals surface area contributed by atoms with Gasteiger partial charge in [-0.25, -0.2) is 0 Å². The van der Waals surface area contributed by atoms with E-state index in [9.17, 15) is 9.90 Å². The number of carbonyl (C=O) groups is 1. The lowest BCUT2D eigenvalue weighted by atomic mass is 9.86. The number of pyridine rings is 1. The Kier molecular flexibility index (Phi) is 4.09. The monoisotopic (exact) mass is 251 g/mol. The molecule has 5 nitrogen and oxygen atoms in total. The zero-order valence-electron chi connectivity index (χ0n) is 11.3. The molecule has 0 saturated heterocycles. The third-order valence-electron chi connectivity index (χ3n) is 3.24. The van der Waals surface area contributed by atoms with Gasteiger partial charge in [-0.05, 0) is 39.8 Å². The average Bonchev–Trinajstić information content (AvgIpc) is 2.27. The van der Waals surface area contributed by atoms with Crippen LogP contribution in [0, 0.1) is 0 Å². The van der Waals surface area contributed by atoms with E-state index in [4.69, 9.17) is 5.73 Å². The highest BCUT2D eigenvalue weighted by atomic mass is 16.3. The predicted octanol–water partition coefficient (Wildman–Crippen LogP) is 0.820. The number of rotatable bonds is 4. The molecule has 0 bridgehead atoms. The SMILES string of the molecule is CC(C)(O)C(C)(C)NC(=O)c1ccnc(CN)c1. The van der Waals surface area contributed by atoms with Crippen LogP contribution in [0.5, 0.6) is 0 Å². The molecule has 18 heavy (non-hydrogen) atoms. The number of aromatic nitrogens is 1. The molecule has 100 valence electrons. The van der Waals surface area contributed by atoms with E-state index in [1.54, 1.807) is 46.0 Å². The Morgan fingerprint density at radius 3 is 2.56 bits per heavy atom. The number of nitrogens with one attached hydrogen (secondary N) is 1. The molecule has 1 aromatic rings. The van der Waals surface area contributed by atoms with E-state index in [0.717, 1.165) is 0 Å². The van der Waals surface area contributed by atoms with Crippen molar-refractivity contribution in [1.29, 1.82) is 0 Å². The first-order valence-electron chi connectivity index (χ1n) is 5.87. The van der Waals surface area contributed by atoms with Gasteiger partial charge in [0.25, 0.3) is 5.91 Å². The van der Waals surface area contributed by atoms with E-state index >= 15 is 0 Å². The Bertz CT molecular complexity index is 436. The summed E-state index contributed by atoms with van der Waals surface area (Å²) in [6, 6.07) is 3.27. The largest absolute Gasteiger partial charge is 0.388 e. The molecule has 5 heteroatoms. The zero-order valence-corrected chi connectivity index (χ0v) is 11.3. The van der Waals surface area contributed by atoms with Crippen LogP contribution in [0.25, 0.3) is 0 Å². The minimum Gasteiger partial charge on any atom is -0.388 e. The molecular weight excluding hydrogens is 230 g/mol. The topological polar surface area (TPSA) is 88.2 Å². The minimum atomic E-state index is -1.02. The van der Waals surface area contributed by atoms with Gasteiger partial charge in [0.15, 0.2) is 0 Å². The van der Waals surface area contributed by atoms with E-state index in [-0.39, 0.29) is 12.5 Å². The van der Waals surface area contributed by atoms with E-state index in [0.29, 0.717) is 11.3 Å². The lowest BCUT2D eigenvalue weighted by molar-refractivity contribution is -0.00293. The van der Waals surface area contributed by atoms with Crippen LogP contribution >= 0.6 is 0 Å². The smallest absolute Gasteiger partial charge is 0.251 e. The fourth-order valence-electron chi connectivity index (χ4n) is 1.24. The van der Waals surface area contributed by atoms with Crippen LogP contribution in [0.15, 0.2) is 18.3 Å². The summed E-state index contributed by atoms with van der Waals surface area (Å²) in [5, 5.41) is 12.8. The van der Waals surface area contributed by atoms with Gasteiger partial charge in [-0.2, -0.15) is 0 Å². The number of hydrogen-bond donors (Lipinski definition) is 3. The quantitative estimate of drug-likeness (QED) is 0.739. The Labute approximate surface area is 107 Å². The molecule has 1 aromatic heterocycles. The van der Waals surface area contributed by atoms with Crippen molar-refractivity contribution in [3.8, 4) is 0 Å². The van der Waals surface area contributed by atoms with Crippen molar-refractivity contribution in [2.75, 3.05) is 0 Å². The van der Waals surface area contributed by atoms with E-state index < -0.39 is 11.1 Å². The molecular formula is C13H21N3O2. The summed E-state index contributed by atoms with van der Waals surface area (Å²) in [5.41, 5.74) is 4.86. The molecule has 0 saturated carbocycles. The molecule has 0 aliphatic heterocycles. The summed E-state index contributed by atoms with van der Waals surface area (Å²) in [7, 11) is 0. The first-order chi connectivity index (χ1) is 8.17. The Morgan fingerprint density at radius 2 is 2.06 bits per heavy atom. The maximum atomic E-state index is 12.1. The molecule has 1 rings (SSSR count). The van der Waals surface area contributed by atoms with Gasteiger partial charge >= 0.3 is 0 Å². The van der Waals surface area contributed by atoms with Crippen LogP contribution in [0.3, 0.4) is 0 Å². The predicted molar refractivity (Wildman–Crippen MR) is 70.0 cm³/mol. The van der Waals surface area contributed by atoms with Crippen molar-refractivity contribution in [1.82, 2.24) is 10.3 Å². The number of hydrogen-bond acceptors (Lipinski definition) is 4. The second kappa shape index (κ2) is 5.04. The van der Waals surface area contributed by atoms with Crippen molar-refractivity contribution < 1.29 is 9.90 Å². The van der Waals surface area contributed by atoms with Gasteiger partial charge in [0.2, 0.25) is 0 Å². The highest BCUT2D eigenvalue weighted by Gasteiger charge is 2.36. The maximum Gasteiger partial charge on any atom is 0.251 e. The van der Waals surface area contributed by atoms with Gasteiger partial charge in [0.1, 0.15) is 0 Å². The number of nitrogens with zero attached hydrogens (tertiary/aromatic N) is 1. The van der Waals surface area contributed by atoms with Crippen molar-refractivity contribution in [2.45, 2.75) is 45.4 Å². The van der Waals surface area contributed by atoms with Crippen LogP contribution in [0.1, 0.15) is 43.7 Å². The van der Waals surface area contributed by atoms with Gasteiger partial charge in [-0.3, -0.25) is 9.78 Å². The van der Waals surface area contributed by atoms with Gasteiger partial charge < -0.3 is 16.2 Å². The lowest BCUT2D eigenvalue weighted by Gasteiger charge is -2.38. The lowest BCUT2D eigenvalue weighted by Crippen LogP contribution is -2.57. The summed E-state index contributed by atoms with van der Waals surface area (Å²) in [5.74, 6) is -0.251. The fourth-order valence-corrected chi connectivity index (χ4v) is 1.24. The Balaban J connectivity index is 2.89. The molecule has 0 aliphatic carbocycles. The molecule has 0 fully saturated rings. The fraction of sp³-hybridized carbons (Fsp3) is 0.538. The highest BCUT2D eigenvalue weighted by molar-refractivity contribution is 5.94. The normalized spacial score (nSPS) is 12.3. The highest BCUT2D eigenvalue weighted by Crippen LogP contribution is 2.21. The standard InChI is InChI=1S/C13H21N3O2/c1-12(2,13(3,4)18)16-11(17)9-5-6-15-10(7-9)8-14/h5-7,18H,8,14H2,1-4H3,(H,16,17). The molecule has 0 unspecified atom stereocenters. The van der Waals surface area contributed by atoms with Crippen LogP contribution in [0.4, 0.5) is 0 Å². The molecule has 0 aliphatic rings. The second-order valence-electron chi connectivity index (χ2n) is 5.38. The molecule has 1 amide bonds. The summed E-state index contributed by atoms with van der Waals surface area (Å²) >= 11 is 0. The minimum absolute atomic E-state index is 0.251. The first-order valence-corrected chi connectivity index (χ1v) is 5.87. The number of amides is 1. The Hall–Kier alpha value is -1.46. The van der Waals surface area contributed by atoms with Gasteiger partial charge in [-0.1, -0.05) is 0 Å². The Morgan fingerprint density at radius 1 is 1.44 bits per heavy atom. The maximum absolute atomic E-state index is 12.1. The van der Waals surface area contributed by atoms with E-state index in [1.165, 1.54) is 0 Å².